The van der Waals surface area contributed by atoms with Crippen LogP contribution < -0.4 is 0 Å². The highest BCUT2D eigenvalue weighted by atomic mass is 19.2. The van der Waals surface area contributed by atoms with E-state index in [4.69, 9.17) is 0 Å². The van der Waals surface area contributed by atoms with E-state index in [1.807, 2.05) is 0 Å². The molecule has 0 amide bonds. The van der Waals surface area contributed by atoms with Crippen LogP contribution in [0.3, 0.4) is 0 Å². The molecular formula is C14H12F3NO4. The molecule has 0 aliphatic carbocycles. The first-order valence-electron chi connectivity index (χ1n) is 6.32. The number of rotatable bonds is 7. The summed E-state index contributed by atoms with van der Waals surface area (Å²) in [6, 6.07) is 0.172. The number of halogens is 3. The SMILES string of the molecule is CCOC(=O)C(CCC(=O)c1ccc(F)c(F)c1F)N=C=O. The third-order valence-corrected chi connectivity index (χ3v) is 2.75. The van der Waals surface area contributed by atoms with Crippen LogP contribution in [0.5, 0.6) is 0 Å². The van der Waals surface area contributed by atoms with Crippen LogP contribution in [-0.2, 0) is 14.3 Å². The van der Waals surface area contributed by atoms with Crippen LogP contribution in [0.4, 0.5) is 13.2 Å². The molecule has 0 bridgehead atoms. The lowest BCUT2D eigenvalue weighted by atomic mass is 10.0. The highest BCUT2D eigenvalue weighted by Gasteiger charge is 2.23. The number of hydrogen-bond donors (Lipinski definition) is 0. The number of ketones is 1. The standard InChI is InChI=1S/C14H12F3NO4/c1-2-22-14(21)10(18-7-19)5-6-11(20)8-3-4-9(15)13(17)12(8)16/h3-4,10H,2,5-6H2,1H3. The second kappa shape index (κ2) is 8.09. The summed E-state index contributed by atoms with van der Waals surface area (Å²) in [5.74, 6) is -6.45. The van der Waals surface area contributed by atoms with Crippen molar-refractivity contribution >= 4 is 17.8 Å². The van der Waals surface area contributed by atoms with Gasteiger partial charge >= 0.3 is 5.97 Å². The van der Waals surface area contributed by atoms with E-state index in [0.29, 0.717) is 6.07 Å². The van der Waals surface area contributed by atoms with E-state index < -0.39 is 47.2 Å². The highest BCUT2D eigenvalue weighted by molar-refractivity contribution is 5.96. The Bertz CT molecular complexity index is 627. The highest BCUT2D eigenvalue weighted by Crippen LogP contribution is 2.18. The number of carbonyl (C=O) groups is 2. The van der Waals surface area contributed by atoms with Gasteiger partial charge in [0.05, 0.1) is 12.2 Å². The summed E-state index contributed by atoms with van der Waals surface area (Å²) < 4.78 is 43.9. The number of Topliss-reactive ketones (excluding diaryl/α,β-unsaturated/α-hetero) is 1. The summed E-state index contributed by atoms with van der Waals surface area (Å²) in [5, 5.41) is 0. The Hall–Kier alpha value is -2.47. The van der Waals surface area contributed by atoms with Crippen molar-refractivity contribution < 1.29 is 32.3 Å². The van der Waals surface area contributed by atoms with Gasteiger partial charge in [0.15, 0.2) is 29.3 Å². The molecule has 0 fully saturated rings. The first-order chi connectivity index (χ1) is 10.4. The average Bonchev–Trinajstić information content (AvgIpc) is 2.49. The molecule has 118 valence electrons. The van der Waals surface area contributed by atoms with Crippen LogP contribution in [0.25, 0.3) is 0 Å². The fourth-order valence-corrected chi connectivity index (χ4v) is 1.68. The lowest BCUT2D eigenvalue weighted by molar-refractivity contribution is -0.144. The van der Waals surface area contributed by atoms with E-state index in [-0.39, 0.29) is 13.0 Å². The van der Waals surface area contributed by atoms with Crippen LogP contribution in [0.15, 0.2) is 17.1 Å². The van der Waals surface area contributed by atoms with Crippen molar-refractivity contribution in [3.63, 3.8) is 0 Å². The van der Waals surface area contributed by atoms with E-state index in [2.05, 4.69) is 9.73 Å². The van der Waals surface area contributed by atoms with E-state index in [0.717, 1.165) is 6.07 Å². The van der Waals surface area contributed by atoms with Gasteiger partial charge in [-0.05, 0) is 25.5 Å². The summed E-state index contributed by atoms with van der Waals surface area (Å²) in [6.45, 7) is 1.59. The Kier molecular flexibility index (Phi) is 6.47. The van der Waals surface area contributed by atoms with Gasteiger partial charge in [-0.2, -0.15) is 4.99 Å². The number of aliphatic imine (C=N–C) groups is 1. The maximum Gasteiger partial charge on any atom is 0.331 e. The molecule has 0 saturated carbocycles. The second-order valence-corrected chi connectivity index (χ2v) is 4.17. The lowest BCUT2D eigenvalue weighted by Crippen LogP contribution is -2.22. The number of ether oxygens (including phenoxy) is 1. The maximum atomic E-state index is 13.5. The molecule has 0 spiro atoms. The minimum absolute atomic E-state index is 0.0511. The molecule has 1 atom stereocenters. The number of hydrogen-bond acceptors (Lipinski definition) is 5. The van der Waals surface area contributed by atoms with Crippen molar-refractivity contribution in [1.29, 1.82) is 0 Å². The van der Waals surface area contributed by atoms with Crippen molar-refractivity contribution in [1.82, 2.24) is 0 Å². The van der Waals surface area contributed by atoms with Crippen LogP contribution in [0, 0.1) is 17.5 Å². The predicted molar refractivity (Wildman–Crippen MR) is 68.4 cm³/mol. The van der Waals surface area contributed by atoms with Crippen molar-refractivity contribution in [2.45, 2.75) is 25.8 Å². The minimum atomic E-state index is -1.75. The van der Waals surface area contributed by atoms with Gasteiger partial charge in [-0.25, -0.2) is 22.8 Å². The Balaban J connectivity index is 2.82. The Morgan fingerprint density at radius 3 is 2.55 bits per heavy atom. The summed E-state index contributed by atoms with van der Waals surface area (Å²) in [7, 11) is 0. The van der Waals surface area contributed by atoms with Gasteiger partial charge in [0.25, 0.3) is 0 Å². The van der Waals surface area contributed by atoms with Gasteiger partial charge < -0.3 is 4.74 Å². The minimum Gasteiger partial charge on any atom is -0.464 e. The Morgan fingerprint density at radius 2 is 1.95 bits per heavy atom. The van der Waals surface area contributed by atoms with Crippen molar-refractivity contribution in [2.75, 3.05) is 6.61 Å². The molecule has 0 heterocycles. The maximum absolute atomic E-state index is 13.5. The van der Waals surface area contributed by atoms with Crippen molar-refractivity contribution in [3.05, 3.63) is 35.1 Å². The second-order valence-electron chi connectivity index (χ2n) is 4.17. The van der Waals surface area contributed by atoms with E-state index in [9.17, 15) is 27.6 Å². The lowest BCUT2D eigenvalue weighted by Gasteiger charge is -2.09. The van der Waals surface area contributed by atoms with Gasteiger partial charge in [0.1, 0.15) is 0 Å². The van der Waals surface area contributed by atoms with E-state index in [1.54, 1.807) is 6.92 Å². The number of esters is 1. The number of benzene rings is 1. The normalized spacial score (nSPS) is 11.5. The van der Waals surface area contributed by atoms with Gasteiger partial charge in [0, 0.05) is 6.42 Å². The summed E-state index contributed by atoms with van der Waals surface area (Å²) >= 11 is 0. The first kappa shape index (κ1) is 17.6. The molecule has 0 aromatic heterocycles. The molecule has 0 N–H and O–H groups in total. The molecule has 1 unspecified atom stereocenters. The monoisotopic (exact) mass is 315 g/mol. The van der Waals surface area contributed by atoms with Gasteiger partial charge in [-0.3, -0.25) is 4.79 Å². The fourth-order valence-electron chi connectivity index (χ4n) is 1.68. The van der Waals surface area contributed by atoms with Crippen LogP contribution in [0.2, 0.25) is 0 Å². The molecule has 0 radical (unpaired) electrons. The largest absolute Gasteiger partial charge is 0.464 e. The zero-order valence-corrected chi connectivity index (χ0v) is 11.6. The first-order valence-corrected chi connectivity index (χ1v) is 6.32. The zero-order chi connectivity index (χ0) is 16.7. The molecule has 1 aromatic carbocycles. The molecular weight excluding hydrogens is 303 g/mol. The summed E-state index contributed by atoms with van der Waals surface area (Å²) in [5.41, 5.74) is -0.642. The van der Waals surface area contributed by atoms with Crippen LogP contribution in [-0.4, -0.2) is 30.5 Å². The van der Waals surface area contributed by atoms with Crippen molar-refractivity contribution in [3.8, 4) is 0 Å². The molecule has 22 heavy (non-hydrogen) atoms. The molecule has 8 heteroatoms. The predicted octanol–water partition coefficient (Wildman–Crippen LogP) is 2.33. The number of carbonyl (C=O) groups excluding carboxylic acids is 3. The van der Waals surface area contributed by atoms with Crippen LogP contribution >= 0.6 is 0 Å². The molecule has 5 nitrogen and oxygen atoms in total. The van der Waals surface area contributed by atoms with Gasteiger partial charge in [0.2, 0.25) is 6.08 Å². The van der Waals surface area contributed by atoms with E-state index >= 15 is 0 Å². The third-order valence-electron chi connectivity index (χ3n) is 2.75. The van der Waals surface area contributed by atoms with Gasteiger partial charge in [-0.15, -0.1) is 0 Å². The molecule has 0 aliphatic heterocycles. The molecule has 1 rings (SSSR count). The Morgan fingerprint density at radius 1 is 1.27 bits per heavy atom. The topological polar surface area (TPSA) is 72.8 Å². The average molecular weight is 315 g/mol. The van der Waals surface area contributed by atoms with Gasteiger partial charge in [-0.1, -0.05) is 0 Å². The number of nitrogens with zero attached hydrogens (tertiary/aromatic N) is 1. The van der Waals surface area contributed by atoms with E-state index in [1.165, 1.54) is 6.08 Å². The third kappa shape index (κ3) is 4.26. The molecule has 0 saturated heterocycles. The fraction of sp³-hybridized carbons (Fsp3) is 0.357. The number of isocyanates is 1. The molecule has 1 aromatic rings. The van der Waals surface area contributed by atoms with Crippen molar-refractivity contribution in [2.24, 2.45) is 4.99 Å². The summed E-state index contributed by atoms with van der Waals surface area (Å²) in [6.07, 6.45) is 0.527. The summed E-state index contributed by atoms with van der Waals surface area (Å²) in [4.78, 5) is 36.7. The zero-order valence-electron chi connectivity index (χ0n) is 11.6. The molecule has 0 aliphatic rings. The smallest absolute Gasteiger partial charge is 0.331 e. The van der Waals surface area contributed by atoms with Crippen LogP contribution in [0.1, 0.15) is 30.1 Å². The quantitative estimate of drug-likeness (QED) is 0.254. The Labute approximate surface area is 123 Å².